The quantitative estimate of drug-likeness (QED) is 0.522. The highest BCUT2D eigenvalue weighted by Crippen LogP contribution is 2.53. The molecule has 0 amide bonds. The van der Waals surface area contributed by atoms with Crippen LogP contribution in [0.5, 0.6) is 0 Å². The third kappa shape index (κ3) is 3.27. The molecule has 0 radical (unpaired) electrons. The maximum absolute atomic E-state index is 13.4. The van der Waals surface area contributed by atoms with Gasteiger partial charge in [0.05, 0.1) is 0 Å². The summed E-state index contributed by atoms with van der Waals surface area (Å²) in [4.78, 5) is 11.4. The molecule has 0 aliphatic rings. The summed E-state index contributed by atoms with van der Waals surface area (Å²) < 4.78 is 115. The van der Waals surface area contributed by atoms with E-state index in [1.165, 1.54) is 30.3 Å². The molecular weight excluding hydrogens is 355 g/mol. The molecule has 0 aromatic heterocycles. The Bertz CT molecular complexity index is 617. The molecule has 10 heteroatoms. The van der Waals surface area contributed by atoms with Crippen molar-refractivity contribution in [2.75, 3.05) is 0 Å². The molecule has 0 aliphatic heterocycles. The van der Waals surface area contributed by atoms with Crippen molar-refractivity contribution in [3.63, 3.8) is 0 Å². The van der Waals surface area contributed by atoms with Crippen molar-refractivity contribution in [1.82, 2.24) is 0 Å². The number of halogens is 9. The van der Waals surface area contributed by atoms with Crippen molar-refractivity contribution in [1.29, 1.82) is 0 Å². The second kappa shape index (κ2) is 6.14. The van der Waals surface area contributed by atoms with Gasteiger partial charge in [-0.2, -0.15) is 39.5 Å². The highest BCUT2D eigenvalue weighted by atomic mass is 19.4. The predicted molar refractivity (Wildman–Crippen MR) is 65.2 cm³/mol. The van der Waals surface area contributed by atoms with E-state index in [2.05, 4.69) is 6.58 Å². The zero-order chi connectivity index (χ0) is 19.0. The van der Waals surface area contributed by atoms with Crippen LogP contribution in [0.3, 0.4) is 0 Å². The maximum Gasteiger partial charge on any atom is 0.460 e. The molecule has 0 bridgehead atoms. The molecular formula is C14H9F9O. The molecule has 0 saturated heterocycles. The van der Waals surface area contributed by atoms with E-state index in [-0.39, 0.29) is 5.56 Å². The van der Waals surface area contributed by atoms with E-state index in [0.717, 1.165) is 0 Å². The Hall–Kier alpha value is -2.00. The summed E-state index contributed by atoms with van der Waals surface area (Å²) in [5.74, 6) is -23.3. The van der Waals surface area contributed by atoms with E-state index >= 15 is 0 Å². The van der Waals surface area contributed by atoms with Gasteiger partial charge in [-0.05, 0) is 11.1 Å². The molecule has 0 N–H and O–H groups in total. The lowest BCUT2D eigenvalue weighted by molar-refractivity contribution is -0.388. The van der Waals surface area contributed by atoms with Crippen LogP contribution in [0, 0.1) is 0 Å². The monoisotopic (exact) mass is 364 g/mol. The fourth-order valence-electron chi connectivity index (χ4n) is 1.66. The summed E-state index contributed by atoms with van der Waals surface area (Å²) in [6.07, 6.45) is -7.69. The Kier molecular flexibility index (Phi) is 5.12. The Balaban J connectivity index is 3.13. The first-order valence-electron chi connectivity index (χ1n) is 6.13. The van der Waals surface area contributed by atoms with Crippen molar-refractivity contribution in [2.24, 2.45) is 0 Å². The SMILES string of the molecule is C=C(Cc1ccccc1)C(=O)C(F)(F)C(F)(F)C(F)(F)C(F)(F)F. The predicted octanol–water partition coefficient (Wildman–Crippen LogP) is 4.82. The average molecular weight is 364 g/mol. The number of carbonyl (C=O) groups is 1. The summed E-state index contributed by atoms with van der Waals surface area (Å²) in [5.41, 5.74) is -1.08. The number of Topliss-reactive ketones (excluding diaryl/α,β-unsaturated/α-hetero) is 1. The Morgan fingerprint density at radius 3 is 1.71 bits per heavy atom. The molecule has 1 nitrogen and oxygen atoms in total. The molecule has 1 aromatic carbocycles. The zero-order valence-corrected chi connectivity index (χ0v) is 11.6. The third-order valence-electron chi connectivity index (χ3n) is 3.01. The van der Waals surface area contributed by atoms with Gasteiger partial charge in [0.25, 0.3) is 0 Å². The summed E-state index contributed by atoms with van der Waals surface area (Å²) in [7, 11) is 0. The number of carbonyl (C=O) groups excluding carboxylic acids is 1. The molecule has 0 unspecified atom stereocenters. The van der Waals surface area contributed by atoms with Crippen molar-refractivity contribution in [2.45, 2.75) is 30.4 Å². The Labute approximate surface area is 129 Å². The summed E-state index contributed by atoms with van der Waals surface area (Å²) in [6.45, 7) is 2.78. The molecule has 1 aromatic rings. The Morgan fingerprint density at radius 2 is 1.29 bits per heavy atom. The van der Waals surface area contributed by atoms with Gasteiger partial charge < -0.3 is 0 Å². The van der Waals surface area contributed by atoms with Gasteiger partial charge in [0.1, 0.15) is 0 Å². The second-order valence-corrected chi connectivity index (χ2v) is 4.82. The van der Waals surface area contributed by atoms with E-state index < -0.39 is 41.7 Å². The molecule has 1 rings (SSSR count). The molecule has 0 fully saturated rings. The number of allylic oxidation sites excluding steroid dienone is 1. The number of hydrogen-bond donors (Lipinski definition) is 0. The first-order chi connectivity index (χ1) is 10.7. The average Bonchev–Trinajstić information content (AvgIpc) is 2.45. The van der Waals surface area contributed by atoms with Crippen LogP contribution < -0.4 is 0 Å². The topological polar surface area (TPSA) is 17.1 Å². The fourth-order valence-corrected chi connectivity index (χ4v) is 1.66. The van der Waals surface area contributed by atoms with E-state index in [4.69, 9.17) is 0 Å². The smallest absolute Gasteiger partial charge is 0.287 e. The minimum Gasteiger partial charge on any atom is -0.287 e. The molecule has 134 valence electrons. The summed E-state index contributed by atoms with van der Waals surface area (Å²) in [5, 5.41) is 0. The van der Waals surface area contributed by atoms with Gasteiger partial charge in [-0.3, -0.25) is 4.79 Å². The highest BCUT2D eigenvalue weighted by Gasteiger charge is 2.83. The maximum atomic E-state index is 13.4. The van der Waals surface area contributed by atoms with Gasteiger partial charge in [0, 0.05) is 6.42 Å². The first kappa shape index (κ1) is 20.0. The second-order valence-electron chi connectivity index (χ2n) is 4.82. The normalized spacial score (nSPS) is 13.7. The lowest BCUT2D eigenvalue weighted by Gasteiger charge is -2.33. The number of benzene rings is 1. The van der Waals surface area contributed by atoms with Crippen LogP contribution in [-0.4, -0.2) is 29.7 Å². The molecule has 0 saturated carbocycles. The van der Waals surface area contributed by atoms with Crippen LogP contribution in [0.25, 0.3) is 0 Å². The van der Waals surface area contributed by atoms with Gasteiger partial charge in [-0.25, -0.2) is 0 Å². The number of hydrogen-bond acceptors (Lipinski definition) is 1. The molecule has 0 spiro atoms. The van der Waals surface area contributed by atoms with Crippen LogP contribution in [0.4, 0.5) is 39.5 Å². The van der Waals surface area contributed by atoms with Gasteiger partial charge in [0.2, 0.25) is 5.78 Å². The van der Waals surface area contributed by atoms with E-state index in [0.29, 0.717) is 0 Å². The summed E-state index contributed by atoms with van der Waals surface area (Å²) >= 11 is 0. The molecule has 0 atom stereocenters. The largest absolute Gasteiger partial charge is 0.460 e. The third-order valence-corrected chi connectivity index (χ3v) is 3.01. The van der Waals surface area contributed by atoms with Crippen molar-refractivity contribution in [3.8, 4) is 0 Å². The minimum absolute atomic E-state index is 0.151. The van der Waals surface area contributed by atoms with Gasteiger partial charge in [-0.15, -0.1) is 0 Å². The van der Waals surface area contributed by atoms with Crippen LogP contribution in [0.2, 0.25) is 0 Å². The van der Waals surface area contributed by atoms with Crippen molar-refractivity contribution >= 4 is 5.78 Å². The van der Waals surface area contributed by atoms with E-state index in [1.807, 2.05) is 0 Å². The van der Waals surface area contributed by atoms with E-state index in [9.17, 15) is 44.3 Å². The van der Waals surface area contributed by atoms with Crippen LogP contribution in [-0.2, 0) is 11.2 Å². The standard InChI is InChI=1S/C14H9F9O/c1-8(7-9-5-3-2-4-6-9)10(24)11(15,16)12(17,18)13(19,20)14(21,22)23/h2-6H,1,7H2. The highest BCUT2D eigenvalue weighted by molar-refractivity contribution is 6.01. The fraction of sp³-hybridized carbons (Fsp3) is 0.357. The lowest BCUT2D eigenvalue weighted by Crippen LogP contribution is -2.63. The lowest BCUT2D eigenvalue weighted by atomic mass is 9.93. The number of rotatable bonds is 6. The van der Waals surface area contributed by atoms with E-state index in [1.54, 1.807) is 0 Å². The molecule has 0 heterocycles. The number of alkyl halides is 9. The first-order valence-corrected chi connectivity index (χ1v) is 6.13. The van der Waals surface area contributed by atoms with Crippen LogP contribution >= 0.6 is 0 Å². The van der Waals surface area contributed by atoms with Crippen molar-refractivity contribution in [3.05, 3.63) is 48.0 Å². The number of ketones is 1. The van der Waals surface area contributed by atoms with Crippen LogP contribution in [0.15, 0.2) is 42.5 Å². The minimum atomic E-state index is -7.10. The van der Waals surface area contributed by atoms with Gasteiger partial charge >= 0.3 is 23.9 Å². The zero-order valence-electron chi connectivity index (χ0n) is 11.6. The Morgan fingerprint density at radius 1 is 0.833 bits per heavy atom. The van der Waals surface area contributed by atoms with Gasteiger partial charge in [-0.1, -0.05) is 36.9 Å². The molecule has 0 aliphatic carbocycles. The summed E-state index contributed by atoms with van der Waals surface area (Å²) in [6, 6.07) is 6.88. The molecule has 24 heavy (non-hydrogen) atoms. The van der Waals surface area contributed by atoms with Gasteiger partial charge in [0.15, 0.2) is 0 Å². The van der Waals surface area contributed by atoms with Crippen molar-refractivity contribution < 1.29 is 44.3 Å². The van der Waals surface area contributed by atoms with Crippen LogP contribution in [0.1, 0.15) is 5.56 Å².